The number of rotatable bonds is 8. The number of thiocarbonyl (C=S) groups is 1. The van der Waals surface area contributed by atoms with E-state index in [1.54, 1.807) is 18.7 Å². The summed E-state index contributed by atoms with van der Waals surface area (Å²) in [7, 11) is 0. The molecule has 12 heteroatoms. The Bertz CT molecular complexity index is 1430. The highest BCUT2D eigenvalue weighted by atomic mass is 32.2. The smallest absolute Gasteiger partial charge is 0.251 e. The summed E-state index contributed by atoms with van der Waals surface area (Å²) in [6, 6.07) is 9.56. The van der Waals surface area contributed by atoms with Gasteiger partial charge in [0.05, 0.1) is 41.2 Å². The fourth-order valence-electron chi connectivity index (χ4n) is 5.58. The summed E-state index contributed by atoms with van der Waals surface area (Å²) in [5.74, 6) is -2.63. The van der Waals surface area contributed by atoms with Crippen LogP contribution in [-0.2, 0) is 9.59 Å². The number of benzene rings is 1. The molecule has 1 aromatic carbocycles. The van der Waals surface area contributed by atoms with Gasteiger partial charge in [0.25, 0.3) is 6.33 Å². The van der Waals surface area contributed by atoms with Crippen molar-refractivity contribution in [3.63, 3.8) is 0 Å². The molecule has 5 rings (SSSR count). The standard InChI is InChI=1S/C25H27N5O4S3/c1-12-17(20(24(33)34)30-19(12)18(13(2)31)21(30)32)16-10-28-11-29(23(36-3)22(28)37-16)15(9-27-25(26)35)14-7-5-4-6-8-14/h4-8,10-13,15,18-19,31H,9H2,1-3H3,(H3-,26,27,33,34,35)/t12-,13+,15?,18+,19+/m0/s1. The van der Waals surface area contributed by atoms with Crippen molar-refractivity contribution in [1.82, 2.24) is 14.6 Å². The van der Waals surface area contributed by atoms with Crippen LogP contribution in [0.4, 0.5) is 0 Å². The molecule has 4 N–H and O–H groups in total. The van der Waals surface area contributed by atoms with E-state index in [0.717, 1.165) is 20.3 Å². The molecule has 5 atom stereocenters. The van der Waals surface area contributed by atoms with Crippen LogP contribution in [0, 0.1) is 11.8 Å². The summed E-state index contributed by atoms with van der Waals surface area (Å²) in [5.41, 5.74) is 7.30. The summed E-state index contributed by atoms with van der Waals surface area (Å²) >= 11 is 8.11. The number of thioether (sulfide) groups is 1. The zero-order valence-corrected chi connectivity index (χ0v) is 22.9. The molecule has 0 aliphatic carbocycles. The Kier molecular flexibility index (Phi) is 6.77. The van der Waals surface area contributed by atoms with E-state index in [1.165, 1.54) is 16.2 Å². The summed E-state index contributed by atoms with van der Waals surface area (Å²) in [6.45, 7) is 3.97. The van der Waals surface area contributed by atoms with Crippen LogP contribution in [0.1, 0.15) is 30.3 Å². The number of nitrogens with two attached hydrogens (primary N) is 1. The minimum atomic E-state index is -1.38. The first-order chi connectivity index (χ1) is 17.6. The molecule has 3 aromatic rings. The number of aliphatic hydroxyl groups is 1. The van der Waals surface area contributed by atoms with E-state index in [2.05, 4.69) is 22.0 Å². The molecule has 1 saturated heterocycles. The molecule has 2 aliphatic heterocycles. The number of aromatic nitrogens is 2. The molecule has 2 aliphatic rings. The number of aliphatic carboxylic acids is 1. The molecule has 0 spiro atoms. The number of aliphatic hydroxyl groups excluding tert-OH is 1. The van der Waals surface area contributed by atoms with E-state index < -0.39 is 24.0 Å². The Morgan fingerprint density at radius 3 is 2.68 bits per heavy atom. The van der Waals surface area contributed by atoms with Crippen LogP contribution < -0.4 is 20.7 Å². The number of fused-ring (bicyclic) bond motifs is 2. The number of nitrogens with zero attached hydrogens (tertiary/aromatic N) is 3. The van der Waals surface area contributed by atoms with E-state index in [1.807, 2.05) is 48.3 Å². The second-order valence-corrected chi connectivity index (χ2v) is 11.6. The number of carbonyl (C=O) groups is 2. The summed E-state index contributed by atoms with van der Waals surface area (Å²) in [6.07, 6.45) is 5.03. The Morgan fingerprint density at radius 2 is 2.08 bits per heavy atom. The van der Waals surface area contributed by atoms with E-state index >= 15 is 0 Å². The first kappa shape index (κ1) is 25.7. The monoisotopic (exact) mass is 557 g/mol. The maximum Gasteiger partial charge on any atom is 0.251 e. The van der Waals surface area contributed by atoms with E-state index in [4.69, 9.17) is 18.0 Å². The molecule has 4 heterocycles. The lowest BCUT2D eigenvalue weighted by atomic mass is 9.77. The average molecular weight is 558 g/mol. The van der Waals surface area contributed by atoms with Crippen molar-refractivity contribution >= 4 is 62.7 Å². The highest BCUT2D eigenvalue weighted by molar-refractivity contribution is 7.98. The summed E-state index contributed by atoms with van der Waals surface area (Å²) in [4.78, 5) is 27.9. The Morgan fingerprint density at radius 1 is 1.38 bits per heavy atom. The zero-order valence-electron chi connectivity index (χ0n) is 20.5. The number of carboxylic acids is 1. The number of imidazole rings is 1. The first-order valence-electron chi connectivity index (χ1n) is 11.8. The maximum absolute atomic E-state index is 12.7. The second kappa shape index (κ2) is 9.75. The highest BCUT2D eigenvalue weighted by Gasteiger charge is 2.59. The topological polar surface area (TPSA) is 127 Å². The Balaban J connectivity index is 1.59. The lowest BCUT2D eigenvalue weighted by Gasteiger charge is -2.47. The van der Waals surface area contributed by atoms with Crippen LogP contribution in [0.25, 0.3) is 10.4 Å². The number of hydrogen-bond donors (Lipinski definition) is 3. The van der Waals surface area contributed by atoms with Gasteiger partial charge in [-0.2, -0.15) is 4.40 Å². The van der Waals surface area contributed by atoms with Crippen molar-refractivity contribution in [2.45, 2.75) is 37.1 Å². The third kappa shape index (κ3) is 4.12. The predicted octanol–water partition coefficient (Wildman–Crippen LogP) is 0.751. The van der Waals surface area contributed by atoms with Crippen molar-refractivity contribution < 1.29 is 24.4 Å². The van der Waals surface area contributed by atoms with Gasteiger partial charge in [-0.05, 0) is 31.0 Å². The lowest BCUT2D eigenvalue weighted by Crippen LogP contribution is -2.64. The van der Waals surface area contributed by atoms with Gasteiger partial charge in [0, 0.05) is 11.5 Å². The fourth-order valence-corrected chi connectivity index (χ4v) is 7.87. The van der Waals surface area contributed by atoms with Crippen LogP contribution in [0.2, 0.25) is 0 Å². The number of hydrogen-bond acceptors (Lipinski definition) is 7. The minimum absolute atomic E-state index is 0.0875. The van der Waals surface area contributed by atoms with Gasteiger partial charge < -0.3 is 31.0 Å². The Labute approximate surface area is 227 Å². The molecule has 37 heavy (non-hydrogen) atoms. The van der Waals surface area contributed by atoms with Crippen molar-refractivity contribution in [2.24, 2.45) is 17.6 Å². The molecule has 1 unspecified atom stereocenters. The fraction of sp³-hybridized carbons (Fsp3) is 0.360. The van der Waals surface area contributed by atoms with Crippen LogP contribution in [-0.4, -0.2) is 56.3 Å². The quantitative estimate of drug-likeness (QED) is 0.160. The number of carbonyl (C=O) groups excluding carboxylic acids is 2. The number of thiazole rings is 1. The molecule has 0 radical (unpaired) electrons. The second-order valence-electron chi connectivity index (χ2n) is 9.32. The third-order valence-corrected chi connectivity index (χ3v) is 9.38. The molecule has 0 saturated carbocycles. The third-order valence-electron chi connectivity index (χ3n) is 7.18. The maximum atomic E-state index is 12.7. The Hall–Kier alpha value is -2.93. The largest absolute Gasteiger partial charge is 0.543 e. The van der Waals surface area contributed by atoms with Crippen LogP contribution >= 0.6 is 35.3 Å². The average Bonchev–Trinajstić information content (AvgIpc) is 3.47. The molecule has 0 bridgehead atoms. The molecular weight excluding hydrogens is 531 g/mol. The zero-order chi connectivity index (χ0) is 26.6. The van der Waals surface area contributed by atoms with E-state index in [-0.39, 0.29) is 28.7 Å². The van der Waals surface area contributed by atoms with Gasteiger partial charge in [-0.1, -0.05) is 60.4 Å². The van der Waals surface area contributed by atoms with Gasteiger partial charge in [-0.15, -0.1) is 0 Å². The molecule has 194 valence electrons. The number of amides is 1. The van der Waals surface area contributed by atoms with Gasteiger partial charge in [-0.25, -0.2) is 4.57 Å². The van der Waals surface area contributed by atoms with E-state index in [9.17, 15) is 19.8 Å². The molecule has 1 amide bonds. The SMILES string of the molecule is CSc1c2sc(C3=C(C(=O)[O-])N4C(=O)[C@H]([C@@H](C)O)[C@H]4[C@H]3C)cn2c[n+]1C(CNC(N)=S)c1ccccc1. The predicted molar refractivity (Wildman–Crippen MR) is 144 cm³/mol. The van der Waals surface area contributed by atoms with Crippen molar-refractivity contribution in [2.75, 3.05) is 12.8 Å². The minimum Gasteiger partial charge on any atom is -0.543 e. The number of carboxylic acid groups (broad SMARTS) is 1. The molecular formula is C25H27N5O4S3. The van der Waals surface area contributed by atoms with Gasteiger partial charge in [0.15, 0.2) is 5.11 Å². The number of β-lactam (4-membered cyclic amide) rings is 1. The molecule has 1 fully saturated rings. The van der Waals surface area contributed by atoms with Gasteiger partial charge >= 0.3 is 0 Å². The molecule has 2 aromatic heterocycles. The highest BCUT2D eigenvalue weighted by Crippen LogP contribution is 2.51. The summed E-state index contributed by atoms with van der Waals surface area (Å²) in [5, 5.41) is 26.6. The van der Waals surface area contributed by atoms with Crippen molar-refractivity contribution in [3.8, 4) is 0 Å². The van der Waals surface area contributed by atoms with Gasteiger partial charge in [-0.3, -0.25) is 4.79 Å². The normalized spacial score (nSPS) is 22.6. The van der Waals surface area contributed by atoms with E-state index in [0.29, 0.717) is 12.1 Å². The molecule has 9 nitrogen and oxygen atoms in total. The van der Waals surface area contributed by atoms with Crippen molar-refractivity contribution in [3.05, 3.63) is 59.0 Å². The van der Waals surface area contributed by atoms with Crippen LogP contribution in [0.15, 0.2) is 53.6 Å². The van der Waals surface area contributed by atoms with Crippen LogP contribution in [0.5, 0.6) is 0 Å². The van der Waals surface area contributed by atoms with Gasteiger partial charge in [0.2, 0.25) is 15.8 Å². The lowest BCUT2D eigenvalue weighted by molar-refractivity contribution is -0.743. The van der Waals surface area contributed by atoms with Gasteiger partial charge in [0.1, 0.15) is 12.2 Å². The number of nitrogens with one attached hydrogen (secondary N) is 1. The van der Waals surface area contributed by atoms with Crippen LogP contribution in [0.3, 0.4) is 0 Å². The van der Waals surface area contributed by atoms with Crippen molar-refractivity contribution in [1.29, 1.82) is 0 Å². The summed E-state index contributed by atoms with van der Waals surface area (Å²) < 4.78 is 4.14. The first-order valence-corrected chi connectivity index (χ1v) is 14.3.